The van der Waals surface area contributed by atoms with Gasteiger partial charge in [-0.05, 0) is 37.5 Å². The van der Waals surface area contributed by atoms with Crippen LogP contribution >= 0.6 is 11.6 Å². The minimum absolute atomic E-state index is 0.0298. The first-order valence-electron chi connectivity index (χ1n) is 7.14. The number of hydrogen-bond acceptors (Lipinski definition) is 4. The molecule has 0 spiro atoms. The Balaban J connectivity index is 1.82. The molecule has 0 aromatic carbocycles. The van der Waals surface area contributed by atoms with E-state index >= 15 is 0 Å². The number of rotatable bonds is 6. The number of carbonyl (C=O) groups is 1. The molecule has 2 fully saturated rings. The maximum absolute atomic E-state index is 12.6. The van der Waals surface area contributed by atoms with Crippen molar-refractivity contribution in [2.45, 2.75) is 25.7 Å². The van der Waals surface area contributed by atoms with Gasteiger partial charge in [-0.3, -0.25) is 14.9 Å². The van der Waals surface area contributed by atoms with Gasteiger partial charge in [0.25, 0.3) is 11.6 Å². The van der Waals surface area contributed by atoms with Crippen LogP contribution in [0, 0.1) is 22.0 Å². The molecule has 3 rings (SSSR count). The Labute approximate surface area is 127 Å². The van der Waals surface area contributed by atoms with Crippen LogP contribution in [0.15, 0.2) is 12.3 Å². The van der Waals surface area contributed by atoms with Gasteiger partial charge in [-0.2, -0.15) is 0 Å². The SMILES string of the molecule is O=C(c1cc([N+](=O)[O-])cnc1Cl)N(CC1CC1)CC1CC1. The van der Waals surface area contributed by atoms with Crippen LogP contribution in [0.5, 0.6) is 0 Å². The van der Waals surface area contributed by atoms with Crippen LogP contribution in [0.25, 0.3) is 0 Å². The van der Waals surface area contributed by atoms with Gasteiger partial charge < -0.3 is 4.90 Å². The molecule has 0 radical (unpaired) electrons. The number of amides is 1. The highest BCUT2D eigenvalue weighted by Crippen LogP contribution is 2.34. The predicted octanol–water partition coefficient (Wildman–Crippen LogP) is 2.91. The number of aromatic nitrogens is 1. The van der Waals surface area contributed by atoms with Crippen molar-refractivity contribution in [3.8, 4) is 0 Å². The third-order valence-electron chi connectivity index (χ3n) is 3.90. The summed E-state index contributed by atoms with van der Waals surface area (Å²) in [6.45, 7) is 1.43. The van der Waals surface area contributed by atoms with Gasteiger partial charge in [0.2, 0.25) is 0 Å². The summed E-state index contributed by atoms with van der Waals surface area (Å²) in [6.07, 6.45) is 5.67. The standard InChI is InChI=1S/C14H16ClN3O3/c15-13-12(5-11(6-16-13)18(20)21)14(19)17(7-9-1-2-9)8-10-3-4-10/h5-6,9-10H,1-4,7-8H2. The fourth-order valence-electron chi connectivity index (χ4n) is 2.32. The molecule has 112 valence electrons. The quantitative estimate of drug-likeness (QED) is 0.460. The van der Waals surface area contributed by atoms with E-state index in [0.717, 1.165) is 31.9 Å². The summed E-state index contributed by atoms with van der Waals surface area (Å²) in [4.78, 5) is 28.5. The lowest BCUT2D eigenvalue weighted by molar-refractivity contribution is -0.385. The molecule has 0 N–H and O–H groups in total. The summed E-state index contributed by atoms with van der Waals surface area (Å²) in [5.41, 5.74) is -0.0762. The van der Waals surface area contributed by atoms with Crippen molar-refractivity contribution >= 4 is 23.2 Å². The fraction of sp³-hybridized carbons (Fsp3) is 0.571. The van der Waals surface area contributed by atoms with Gasteiger partial charge in [0.15, 0.2) is 0 Å². The average molecular weight is 310 g/mol. The molecule has 21 heavy (non-hydrogen) atoms. The van der Waals surface area contributed by atoms with Crippen LogP contribution in [0.4, 0.5) is 5.69 Å². The van der Waals surface area contributed by atoms with E-state index in [0.29, 0.717) is 24.9 Å². The molecule has 1 aromatic heterocycles. The lowest BCUT2D eigenvalue weighted by atomic mass is 10.2. The maximum atomic E-state index is 12.6. The summed E-state index contributed by atoms with van der Waals surface area (Å²) < 4.78 is 0. The Morgan fingerprint density at radius 3 is 2.38 bits per heavy atom. The van der Waals surface area contributed by atoms with Gasteiger partial charge in [0, 0.05) is 19.2 Å². The lowest BCUT2D eigenvalue weighted by Crippen LogP contribution is -2.35. The summed E-state index contributed by atoms with van der Waals surface area (Å²) in [5, 5.41) is 10.9. The number of carbonyl (C=O) groups excluding carboxylic acids is 1. The summed E-state index contributed by atoms with van der Waals surface area (Å²) in [6, 6.07) is 1.23. The van der Waals surface area contributed by atoms with E-state index in [1.54, 1.807) is 4.90 Å². The van der Waals surface area contributed by atoms with Gasteiger partial charge in [-0.15, -0.1) is 0 Å². The first-order valence-corrected chi connectivity index (χ1v) is 7.51. The first kappa shape index (κ1) is 14.3. The molecule has 1 heterocycles. The number of pyridine rings is 1. The van der Waals surface area contributed by atoms with Crippen molar-refractivity contribution in [3.63, 3.8) is 0 Å². The van der Waals surface area contributed by atoms with E-state index in [2.05, 4.69) is 4.98 Å². The molecule has 1 amide bonds. The smallest absolute Gasteiger partial charge is 0.288 e. The minimum Gasteiger partial charge on any atom is -0.338 e. The summed E-state index contributed by atoms with van der Waals surface area (Å²) in [7, 11) is 0. The van der Waals surface area contributed by atoms with E-state index in [-0.39, 0.29) is 22.3 Å². The average Bonchev–Trinajstić information content (AvgIpc) is 3.32. The highest BCUT2D eigenvalue weighted by atomic mass is 35.5. The molecule has 0 aliphatic heterocycles. The monoisotopic (exact) mass is 309 g/mol. The van der Waals surface area contributed by atoms with Gasteiger partial charge in [-0.25, -0.2) is 4.98 Å². The van der Waals surface area contributed by atoms with Crippen molar-refractivity contribution in [3.05, 3.63) is 33.1 Å². The lowest BCUT2D eigenvalue weighted by Gasteiger charge is -2.22. The van der Waals surface area contributed by atoms with Crippen molar-refractivity contribution in [2.75, 3.05) is 13.1 Å². The molecule has 6 nitrogen and oxygen atoms in total. The number of nitro groups is 1. The molecule has 0 bridgehead atoms. The molecule has 0 atom stereocenters. The Bertz CT molecular complexity index is 571. The van der Waals surface area contributed by atoms with Crippen molar-refractivity contribution in [2.24, 2.45) is 11.8 Å². The fourth-order valence-corrected chi connectivity index (χ4v) is 2.51. The molecule has 1 aromatic rings. The second-order valence-electron chi connectivity index (χ2n) is 5.89. The Morgan fingerprint density at radius 2 is 1.90 bits per heavy atom. The second kappa shape index (κ2) is 5.60. The van der Waals surface area contributed by atoms with E-state index in [4.69, 9.17) is 11.6 Å². The van der Waals surface area contributed by atoms with Crippen molar-refractivity contribution in [1.82, 2.24) is 9.88 Å². The van der Waals surface area contributed by atoms with Crippen LogP contribution in [0.3, 0.4) is 0 Å². The molecule has 2 aliphatic rings. The van der Waals surface area contributed by atoms with Crippen LogP contribution < -0.4 is 0 Å². The Hall–Kier alpha value is -1.69. The molecular weight excluding hydrogens is 294 g/mol. The number of nitrogens with zero attached hydrogens (tertiary/aromatic N) is 3. The van der Waals surface area contributed by atoms with Crippen LogP contribution in [0.2, 0.25) is 5.15 Å². The summed E-state index contributed by atoms with van der Waals surface area (Å²) in [5.74, 6) is 0.895. The van der Waals surface area contributed by atoms with Gasteiger partial charge in [0.05, 0.1) is 10.5 Å². The highest BCUT2D eigenvalue weighted by molar-refractivity contribution is 6.32. The molecule has 2 saturated carbocycles. The van der Waals surface area contributed by atoms with Crippen LogP contribution in [0.1, 0.15) is 36.0 Å². The van der Waals surface area contributed by atoms with Crippen molar-refractivity contribution < 1.29 is 9.72 Å². The maximum Gasteiger partial charge on any atom is 0.288 e. The molecule has 7 heteroatoms. The summed E-state index contributed by atoms with van der Waals surface area (Å²) >= 11 is 5.96. The van der Waals surface area contributed by atoms with Gasteiger partial charge in [-0.1, -0.05) is 11.6 Å². The van der Waals surface area contributed by atoms with Gasteiger partial charge >= 0.3 is 0 Å². The molecule has 0 unspecified atom stereocenters. The zero-order valence-electron chi connectivity index (χ0n) is 11.5. The molecule has 2 aliphatic carbocycles. The van der Waals surface area contributed by atoms with Crippen LogP contribution in [-0.2, 0) is 0 Å². The second-order valence-corrected chi connectivity index (χ2v) is 6.24. The normalized spacial score (nSPS) is 17.6. The van der Waals surface area contributed by atoms with E-state index in [9.17, 15) is 14.9 Å². The predicted molar refractivity (Wildman–Crippen MR) is 77.3 cm³/mol. The number of hydrogen-bond donors (Lipinski definition) is 0. The zero-order valence-corrected chi connectivity index (χ0v) is 12.3. The van der Waals surface area contributed by atoms with E-state index < -0.39 is 4.92 Å². The molecule has 0 saturated heterocycles. The Kier molecular flexibility index (Phi) is 3.80. The largest absolute Gasteiger partial charge is 0.338 e. The van der Waals surface area contributed by atoms with E-state index in [1.165, 1.54) is 6.07 Å². The number of halogens is 1. The van der Waals surface area contributed by atoms with Gasteiger partial charge in [0.1, 0.15) is 11.3 Å². The highest BCUT2D eigenvalue weighted by Gasteiger charge is 2.33. The zero-order chi connectivity index (χ0) is 15.0. The topological polar surface area (TPSA) is 76.3 Å². The molecular formula is C14H16ClN3O3. The third-order valence-corrected chi connectivity index (χ3v) is 4.21. The first-order chi connectivity index (χ1) is 10.0. The minimum atomic E-state index is -0.563. The van der Waals surface area contributed by atoms with E-state index in [1.807, 2.05) is 0 Å². The third kappa shape index (κ3) is 3.50. The van der Waals surface area contributed by atoms with Crippen molar-refractivity contribution in [1.29, 1.82) is 0 Å². The Morgan fingerprint density at radius 1 is 1.33 bits per heavy atom. The van der Waals surface area contributed by atoms with Crippen LogP contribution in [-0.4, -0.2) is 33.8 Å².